The lowest BCUT2D eigenvalue weighted by Crippen LogP contribution is -2.16. The second-order valence-electron chi connectivity index (χ2n) is 5.86. The Hall–Kier alpha value is -1.34. The molecule has 0 fully saturated rings. The fraction of sp³-hybridized carbons (Fsp3) is 0.400. The van der Waals surface area contributed by atoms with Gasteiger partial charge in [0.1, 0.15) is 12.4 Å². The first-order chi connectivity index (χ1) is 13.0. The maximum atomic E-state index is 13.2. The minimum Gasteiger partial charge on any atom is -0.493 e. The largest absolute Gasteiger partial charge is 0.493 e. The molecule has 0 atom stereocenters. The molecule has 0 unspecified atom stereocenters. The molecule has 0 radical (unpaired) electrons. The normalized spacial score (nSPS) is 10.9. The molecule has 148 valence electrons. The molecule has 0 saturated carbocycles. The predicted molar refractivity (Wildman–Crippen MR) is 109 cm³/mol. The molecule has 0 spiro atoms. The van der Waals surface area contributed by atoms with Gasteiger partial charge in [0, 0.05) is 25.3 Å². The molecule has 0 aliphatic rings. The number of methoxy groups -OCH3 is 1. The highest BCUT2D eigenvalue weighted by atomic mass is 79.9. The second kappa shape index (κ2) is 11.5. The Bertz CT molecular complexity index is 745. The zero-order chi connectivity index (χ0) is 19.6. The summed E-state index contributed by atoms with van der Waals surface area (Å²) < 4.78 is 30.6. The molecule has 2 rings (SSSR count). The van der Waals surface area contributed by atoms with E-state index in [-0.39, 0.29) is 12.4 Å². The molecule has 0 saturated heterocycles. The number of hydrogen-bond acceptors (Lipinski definition) is 4. The van der Waals surface area contributed by atoms with Crippen molar-refractivity contribution in [2.75, 3.05) is 26.9 Å². The van der Waals surface area contributed by atoms with Gasteiger partial charge in [-0.2, -0.15) is 0 Å². The van der Waals surface area contributed by atoms with E-state index in [1.165, 1.54) is 12.1 Å². The number of ether oxygens (including phenoxy) is 3. The summed E-state index contributed by atoms with van der Waals surface area (Å²) >= 11 is 9.60. The number of hydrogen-bond donors (Lipinski definition) is 1. The van der Waals surface area contributed by atoms with Crippen molar-refractivity contribution in [2.45, 2.75) is 26.5 Å². The van der Waals surface area contributed by atoms with E-state index in [0.29, 0.717) is 28.6 Å². The third kappa shape index (κ3) is 6.96. The standard InChI is InChI=1S/C20H24BrClFNO3/c1-3-26-8-4-7-24-12-14-9-17(21)20(19(10-14)25-2)27-13-15-5-6-16(23)11-18(15)22/h5-6,9-11,24H,3-4,7-8,12-13H2,1-2H3. The van der Waals surface area contributed by atoms with Gasteiger partial charge in [-0.1, -0.05) is 17.7 Å². The summed E-state index contributed by atoms with van der Waals surface area (Å²) in [6.45, 7) is 5.30. The summed E-state index contributed by atoms with van der Waals surface area (Å²) in [4.78, 5) is 0. The first-order valence-corrected chi connectivity index (χ1v) is 9.93. The van der Waals surface area contributed by atoms with Crippen LogP contribution in [0.1, 0.15) is 24.5 Å². The van der Waals surface area contributed by atoms with E-state index in [0.717, 1.165) is 36.2 Å². The average molecular weight is 461 g/mol. The number of rotatable bonds is 11. The summed E-state index contributed by atoms with van der Waals surface area (Å²) in [5.41, 5.74) is 1.77. The number of halogens is 3. The molecule has 1 N–H and O–H groups in total. The highest BCUT2D eigenvalue weighted by molar-refractivity contribution is 9.10. The van der Waals surface area contributed by atoms with E-state index in [1.54, 1.807) is 13.2 Å². The molecule has 0 bridgehead atoms. The summed E-state index contributed by atoms with van der Waals surface area (Å²) in [5.74, 6) is 0.826. The summed E-state index contributed by atoms with van der Waals surface area (Å²) in [6, 6.07) is 8.16. The van der Waals surface area contributed by atoms with Crippen LogP contribution in [0.5, 0.6) is 11.5 Å². The molecule has 0 heterocycles. The minimum atomic E-state index is -0.374. The monoisotopic (exact) mass is 459 g/mol. The smallest absolute Gasteiger partial charge is 0.175 e. The minimum absolute atomic E-state index is 0.211. The van der Waals surface area contributed by atoms with Crippen molar-refractivity contribution in [2.24, 2.45) is 0 Å². The van der Waals surface area contributed by atoms with Crippen molar-refractivity contribution >= 4 is 27.5 Å². The van der Waals surface area contributed by atoms with Gasteiger partial charge in [-0.25, -0.2) is 4.39 Å². The molecule has 0 aromatic heterocycles. The Kier molecular flexibility index (Phi) is 9.34. The second-order valence-corrected chi connectivity index (χ2v) is 7.12. The van der Waals surface area contributed by atoms with Crippen LogP contribution in [0.2, 0.25) is 5.02 Å². The SMILES string of the molecule is CCOCCCNCc1cc(Br)c(OCc2ccc(F)cc2Cl)c(OC)c1. The lowest BCUT2D eigenvalue weighted by molar-refractivity contribution is 0.144. The Morgan fingerprint density at radius 1 is 1.22 bits per heavy atom. The molecule has 7 heteroatoms. The van der Waals surface area contributed by atoms with E-state index < -0.39 is 0 Å². The van der Waals surface area contributed by atoms with Gasteiger partial charge in [0.25, 0.3) is 0 Å². The molecular weight excluding hydrogens is 437 g/mol. The Morgan fingerprint density at radius 2 is 2.04 bits per heavy atom. The molecule has 0 aliphatic heterocycles. The number of benzene rings is 2. The van der Waals surface area contributed by atoms with E-state index >= 15 is 0 Å². The van der Waals surface area contributed by atoms with Gasteiger partial charge in [0.2, 0.25) is 0 Å². The molecule has 27 heavy (non-hydrogen) atoms. The Labute approximate surface area is 173 Å². The fourth-order valence-corrected chi connectivity index (χ4v) is 3.31. The van der Waals surface area contributed by atoms with Crippen molar-refractivity contribution in [3.05, 3.63) is 56.8 Å². The van der Waals surface area contributed by atoms with E-state index in [9.17, 15) is 4.39 Å². The van der Waals surface area contributed by atoms with Gasteiger partial charge >= 0.3 is 0 Å². The Morgan fingerprint density at radius 3 is 2.74 bits per heavy atom. The molecule has 2 aromatic carbocycles. The van der Waals surface area contributed by atoms with E-state index in [4.69, 9.17) is 25.8 Å². The van der Waals surface area contributed by atoms with Gasteiger partial charge in [-0.15, -0.1) is 0 Å². The van der Waals surface area contributed by atoms with Gasteiger partial charge in [0.15, 0.2) is 11.5 Å². The zero-order valence-corrected chi connectivity index (χ0v) is 17.8. The van der Waals surface area contributed by atoms with Crippen molar-refractivity contribution < 1.29 is 18.6 Å². The van der Waals surface area contributed by atoms with Crippen LogP contribution in [0.4, 0.5) is 4.39 Å². The van der Waals surface area contributed by atoms with Crippen LogP contribution in [-0.2, 0) is 17.9 Å². The molecule has 2 aromatic rings. The molecular formula is C20H24BrClFNO3. The summed E-state index contributed by atoms with van der Waals surface area (Å²) in [7, 11) is 1.60. The van der Waals surface area contributed by atoms with Crippen LogP contribution in [0.25, 0.3) is 0 Å². The van der Waals surface area contributed by atoms with Crippen LogP contribution in [0, 0.1) is 5.82 Å². The van der Waals surface area contributed by atoms with Gasteiger partial charge in [-0.05, 0) is 65.6 Å². The van der Waals surface area contributed by atoms with Crippen molar-refractivity contribution in [1.29, 1.82) is 0 Å². The third-order valence-corrected chi connectivity index (χ3v) is 4.79. The maximum absolute atomic E-state index is 13.2. The predicted octanol–water partition coefficient (Wildman–Crippen LogP) is 5.35. The lowest BCUT2D eigenvalue weighted by atomic mass is 10.2. The summed E-state index contributed by atoms with van der Waals surface area (Å²) in [5, 5.41) is 3.71. The van der Waals surface area contributed by atoms with E-state index in [1.807, 2.05) is 19.1 Å². The van der Waals surface area contributed by atoms with Crippen molar-refractivity contribution in [3.8, 4) is 11.5 Å². The zero-order valence-electron chi connectivity index (χ0n) is 15.5. The van der Waals surface area contributed by atoms with Crippen LogP contribution in [0.15, 0.2) is 34.8 Å². The topological polar surface area (TPSA) is 39.7 Å². The van der Waals surface area contributed by atoms with Crippen LogP contribution < -0.4 is 14.8 Å². The lowest BCUT2D eigenvalue weighted by Gasteiger charge is -2.15. The maximum Gasteiger partial charge on any atom is 0.175 e. The van der Waals surface area contributed by atoms with E-state index in [2.05, 4.69) is 21.2 Å². The average Bonchev–Trinajstić information content (AvgIpc) is 2.64. The molecule has 0 aliphatic carbocycles. The Balaban J connectivity index is 1.98. The molecule has 0 amide bonds. The molecule has 4 nitrogen and oxygen atoms in total. The number of nitrogens with one attached hydrogen (secondary N) is 1. The van der Waals surface area contributed by atoms with Gasteiger partial charge in [-0.3, -0.25) is 0 Å². The third-order valence-electron chi connectivity index (χ3n) is 3.85. The van der Waals surface area contributed by atoms with Gasteiger partial charge in [0.05, 0.1) is 16.6 Å². The van der Waals surface area contributed by atoms with Crippen molar-refractivity contribution in [1.82, 2.24) is 5.32 Å². The first kappa shape index (κ1) is 22.0. The van der Waals surface area contributed by atoms with Crippen LogP contribution in [0.3, 0.4) is 0 Å². The highest BCUT2D eigenvalue weighted by Crippen LogP contribution is 2.37. The quantitative estimate of drug-likeness (QED) is 0.459. The first-order valence-electron chi connectivity index (χ1n) is 8.76. The fourth-order valence-electron chi connectivity index (χ4n) is 2.48. The van der Waals surface area contributed by atoms with Crippen molar-refractivity contribution in [3.63, 3.8) is 0 Å². The highest BCUT2D eigenvalue weighted by Gasteiger charge is 2.13. The van der Waals surface area contributed by atoms with Crippen LogP contribution >= 0.6 is 27.5 Å². The van der Waals surface area contributed by atoms with Gasteiger partial charge < -0.3 is 19.5 Å². The van der Waals surface area contributed by atoms with Crippen LogP contribution in [-0.4, -0.2) is 26.9 Å². The summed E-state index contributed by atoms with van der Waals surface area (Å²) in [6.07, 6.45) is 0.964.